The number of rotatable bonds is 3. The summed E-state index contributed by atoms with van der Waals surface area (Å²) < 4.78 is 11.3. The number of hydrogen-bond acceptors (Lipinski definition) is 5. The molecule has 0 atom stereocenters. The summed E-state index contributed by atoms with van der Waals surface area (Å²) in [6.07, 6.45) is 0.656. The lowest BCUT2D eigenvalue weighted by Gasteiger charge is -2.27. The topological polar surface area (TPSA) is 62.9 Å². The summed E-state index contributed by atoms with van der Waals surface area (Å²) in [7, 11) is 0. The molecule has 0 aliphatic carbocycles. The molecule has 23 heavy (non-hydrogen) atoms. The van der Waals surface area contributed by atoms with Crippen LogP contribution in [0, 0.1) is 6.92 Å². The van der Waals surface area contributed by atoms with Crippen molar-refractivity contribution in [3.05, 3.63) is 39.2 Å². The third-order valence-corrected chi connectivity index (χ3v) is 4.27. The van der Waals surface area contributed by atoms with Gasteiger partial charge in [-0.25, -0.2) is 0 Å². The molecule has 3 rings (SSSR count). The highest BCUT2D eigenvalue weighted by Gasteiger charge is 2.19. The number of aryl methyl sites for hydroxylation is 1. The Kier molecular flexibility index (Phi) is 5.68. The Bertz CT molecular complexity index is 750. The van der Waals surface area contributed by atoms with E-state index < -0.39 is 0 Å². The molecule has 5 nitrogen and oxygen atoms in total. The molecule has 0 unspecified atom stereocenters. The van der Waals surface area contributed by atoms with Crippen LogP contribution in [0.3, 0.4) is 0 Å². The zero-order valence-corrected chi connectivity index (χ0v) is 14.2. The fourth-order valence-corrected chi connectivity index (χ4v) is 2.91. The number of ether oxygens (including phenoxy) is 1. The first-order valence-electron chi connectivity index (χ1n) is 7.69. The summed E-state index contributed by atoms with van der Waals surface area (Å²) in [5.74, 6) is 0.861. The van der Waals surface area contributed by atoms with Crippen LogP contribution in [-0.4, -0.2) is 36.3 Å². The molecule has 1 N–H and O–H groups in total. The highest BCUT2D eigenvalue weighted by Crippen LogP contribution is 2.29. The molecule has 1 saturated heterocycles. The fourth-order valence-electron chi connectivity index (χ4n) is 2.91. The van der Waals surface area contributed by atoms with Gasteiger partial charge in [0.25, 0.3) is 0 Å². The Balaban J connectivity index is 0.00000192. The standard InChI is InChI=1S/C17H21NO4.ClH/c1-3-15-11(2)16(20)12-4-5-14(19)13(17(12)22-15)10-18-6-8-21-9-7-18;/h4-5,19H,3,6-10H2,1-2H3;1H. The number of phenols is 1. The van der Waals surface area contributed by atoms with Crippen molar-refractivity contribution >= 4 is 23.4 Å². The van der Waals surface area contributed by atoms with E-state index in [1.165, 1.54) is 0 Å². The van der Waals surface area contributed by atoms with Gasteiger partial charge < -0.3 is 14.3 Å². The highest BCUT2D eigenvalue weighted by molar-refractivity contribution is 5.85. The predicted octanol–water partition coefficient (Wildman–Crippen LogP) is 2.62. The maximum absolute atomic E-state index is 12.5. The Morgan fingerprint density at radius 1 is 1.26 bits per heavy atom. The molecule has 1 aromatic carbocycles. The van der Waals surface area contributed by atoms with Crippen molar-refractivity contribution < 1.29 is 14.3 Å². The summed E-state index contributed by atoms with van der Waals surface area (Å²) in [5, 5.41) is 10.8. The summed E-state index contributed by atoms with van der Waals surface area (Å²) in [6.45, 7) is 7.31. The molecule has 0 amide bonds. The number of halogens is 1. The number of hydrogen-bond donors (Lipinski definition) is 1. The quantitative estimate of drug-likeness (QED) is 0.931. The van der Waals surface area contributed by atoms with Gasteiger partial charge in [-0.3, -0.25) is 9.69 Å². The normalized spacial score (nSPS) is 15.6. The van der Waals surface area contributed by atoms with Gasteiger partial charge in [0, 0.05) is 31.6 Å². The van der Waals surface area contributed by atoms with E-state index in [1.807, 2.05) is 6.92 Å². The van der Waals surface area contributed by atoms with Crippen molar-refractivity contribution in [2.45, 2.75) is 26.8 Å². The minimum Gasteiger partial charge on any atom is -0.507 e. The van der Waals surface area contributed by atoms with Gasteiger partial charge in [0.2, 0.25) is 0 Å². The average molecular weight is 340 g/mol. The Morgan fingerprint density at radius 2 is 1.96 bits per heavy atom. The van der Waals surface area contributed by atoms with Gasteiger partial charge >= 0.3 is 0 Å². The first-order chi connectivity index (χ1) is 10.6. The van der Waals surface area contributed by atoms with Gasteiger partial charge in [0.05, 0.1) is 24.2 Å². The van der Waals surface area contributed by atoms with Crippen molar-refractivity contribution in [3.8, 4) is 5.75 Å². The Labute approximate surface area is 141 Å². The largest absolute Gasteiger partial charge is 0.507 e. The highest BCUT2D eigenvalue weighted by atomic mass is 35.5. The summed E-state index contributed by atoms with van der Waals surface area (Å²) in [6, 6.07) is 3.23. The van der Waals surface area contributed by atoms with E-state index in [2.05, 4.69) is 4.90 Å². The van der Waals surface area contributed by atoms with Crippen LogP contribution in [0.15, 0.2) is 21.3 Å². The number of benzene rings is 1. The van der Waals surface area contributed by atoms with Crippen LogP contribution in [0.5, 0.6) is 5.75 Å². The van der Waals surface area contributed by atoms with E-state index in [-0.39, 0.29) is 23.6 Å². The van der Waals surface area contributed by atoms with Gasteiger partial charge in [-0.2, -0.15) is 0 Å². The van der Waals surface area contributed by atoms with Crippen LogP contribution < -0.4 is 5.43 Å². The van der Waals surface area contributed by atoms with Crippen LogP contribution in [-0.2, 0) is 17.7 Å². The zero-order chi connectivity index (χ0) is 15.7. The molecule has 1 aromatic heterocycles. The lowest BCUT2D eigenvalue weighted by molar-refractivity contribution is 0.0339. The first-order valence-corrected chi connectivity index (χ1v) is 7.69. The minimum atomic E-state index is -0.0127. The Hall–Kier alpha value is -1.56. The molecule has 1 aliphatic rings. The molecule has 0 radical (unpaired) electrons. The van der Waals surface area contributed by atoms with Gasteiger partial charge in [-0.05, 0) is 19.1 Å². The molecule has 6 heteroatoms. The van der Waals surface area contributed by atoms with Gasteiger partial charge in [-0.1, -0.05) is 6.92 Å². The molecule has 0 saturated carbocycles. The zero-order valence-electron chi connectivity index (χ0n) is 13.4. The number of nitrogens with zero attached hydrogens (tertiary/aromatic N) is 1. The number of fused-ring (bicyclic) bond motifs is 1. The summed E-state index contributed by atoms with van der Waals surface area (Å²) >= 11 is 0. The SMILES string of the molecule is CCc1oc2c(CN3CCOCC3)c(O)ccc2c(=O)c1C.Cl. The van der Waals surface area contributed by atoms with Crippen LogP contribution in [0.25, 0.3) is 11.0 Å². The molecule has 0 bridgehead atoms. The number of phenolic OH excluding ortho intramolecular Hbond substituents is 1. The van der Waals surface area contributed by atoms with Crippen molar-refractivity contribution in [2.75, 3.05) is 26.3 Å². The molecule has 126 valence electrons. The average Bonchev–Trinajstić information content (AvgIpc) is 2.54. The van der Waals surface area contributed by atoms with Crippen molar-refractivity contribution in [1.82, 2.24) is 4.90 Å². The third-order valence-electron chi connectivity index (χ3n) is 4.27. The van der Waals surface area contributed by atoms with Gasteiger partial charge in [-0.15, -0.1) is 12.4 Å². The van der Waals surface area contributed by atoms with Crippen LogP contribution >= 0.6 is 12.4 Å². The molecular formula is C17H22ClNO4. The Morgan fingerprint density at radius 3 is 2.61 bits per heavy atom. The van der Waals surface area contributed by atoms with E-state index in [4.69, 9.17) is 9.15 Å². The van der Waals surface area contributed by atoms with Crippen molar-refractivity contribution in [1.29, 1.82) is 0 Å². The van der Waals surface area contributed by atoms with Crippen molar-refractivity contribution in [3.63, 3.8) is 0 Å². The maximum atomic E-state index is 12.5. The molecule has 2 aromatic rings. The first kappa shape index (κ1) is 17.8. The second-order valence-electron chi connectivity index (χ2n) is 5.66. The smallest absolute Gasteiger partial charge is 0.195 e. The number of aromatic hydroxyl groups is 1. The van der Waals surface area contributed by atoms with Gasteiger partial charge in [0.15, 0.2) is 5.43 Å². The van der Waals surface area contributed by atoms with Gasteiger partial charge in [0.1, 0.15) is 17.1 Å². The third kappa shape index (κ3) is 3.37. The minimum absolute atomic E-state index is 0. The molecule has 1 fully saturated rings. The van der Waals surface area contributed by atoms with Crippen LogP contribution in [0.4, 0.5) is 0 Å². The summed E-state index contributed by atoms with van der Waals surface area (Å²) in [4.78, 5) is 14.7. The number of morpholine rings is 1. The summed E-state index contributed by atoms with van der Waals surface area (Å²) in [5.41, 5.74) is 1.84. The molecule has 0 spiro atoms. The van der Waals surface area contributed by atoms with Crippen LogP contribution in [0.1, 0.15) is 23.8 Å². The van der Waals surface area contributed by atoms with Crippen molar-refractivity contribution in [2.24, 2.45) is 0 Å². The molecular weight excluding hydrogens is 318 g/mol. The second kappa shape index (κ2) is 7.34. The van der Waals surface area contributed by atoms with E-state index in [9.17, 15) is 9.90 Å². The lowest BCUT2D eigenvalue weighted by Crippen LogP contribution is -2.35. The second-order valence-corrected chi connectivity index (χ2v) is 5.66. The fraction of sp³-hybridized carbons (Fsp3) is 0.471. The lowest BCUT2D eigenvalue weighted by atomic mass is 10.1. The predicted molar refractivity (Wildman–Crippen MR) is 91.6 cm³/mol. The van der Waals surface area contributed by atoms with E-state index in [0.29, 0.717) is 54.0 Å². The van der Waals surface area contributed by atoms with E-state index in [1.54, 1.807) is 19.1 Å². The van der Waals surface area contributed by atoms with Crippen LogP contribution in [0.2, 0.25) is 0 Å². The van der Waals surface area contributed by atoms with E-state index >= 15 is 0 Å². The molecule has 2 heterocycles. The monoisotopic (exact) mass is 339 g/mol. The maximum Gasteiger partial charge on any atom is 0.195 e. The van der Waals surface area contributed by atoms with E-state index in [0.717, 1.165) is 13.1 Å². The molecule has 1 aliphatic heterocycles.